The Morgan fingerprint density at radius 2 is 2.38 bits per heavy atom. The average molecular weight is 219 g/mol. The van der Waals surface area contributed by atoms with Gasteiger partial charge in [-0.25, -0.2) is 4.79 Å². The maximum atomic E-state index is 11.5. The van der Waals surface area contributed by atoms with Gasteiger partial charge in [-0.05, 0) is 42.6 Å². The zero-order valence-electron chi connectivity index (χ0n) is 9.75. The number of hydrogen-bond acceptors (Lipinski definition) is 3. The molecule has 3 heteroatoms. The van der Waals surface area contributed by atoms with Crippen LogP contribution in [0.25, 0.3) is 0 Å². The lowest BCUT2D eigenvalue weighted by molar-refractivity contribution is 0.0600. The quantitative estimate of drug-likeness (QED) is 0.774. The van der Waals surface area contributed by atoms with Crippen LogP contribution < -0.4 is 5.32 Å². The first-order valence-electron chi connectivity index (χ1n) is 5.70. The van der Waals surface area contributed by atoms with Crippen LogP contribution in [0, 0.1) is 0 Å². The lowest BCUT2D eigenvalue weighted by Crippen LogP contribution is -2.29. The Morgan fingerprint density at radius 3 is 3.06 bits per heavy atom. The molecule has 1 aromatic rings. The molecule has 3 nitrogen and oxygen atoms in total. The van der Waals surface area contributed by atoms with E-state index in [9.17, 15) is 4.79 Å². The summed E-state index contributed by atoms with van der Waals surface area (Å²) < 4.78 is 4.74. The summed E-state index contributed by atoms with van der Waals surface area (Å²) in [4.78, 5) is 11.5. The highest BCUT2D eigenvalue weighted by atomic mass is 16.5. The van der Waals surface area contributed by atoms with E-state index in [1.54, 1.807) is 0 Å². The van der Waals surface area contributed by atoms with Gasteiger partial charge in [0.05, 0.1) is 12.7 Å². The van der Waals surface area contributed by atoms with Gasteiger partial charge in [0.1, 0.15) is 0 Å². The molecule has 1 N–H and O–H groups in total. The van der Waals surface area contributed by atoms with Gasteiger partial charge >= 0.3 is 5.97 Å². The molecule has 0 aromatic heterocycles. The van der Waals surface area contributed by atoms with Gasteiger partial charge in [-0.3, -0.25) is 0 Å². The smallest absolute Gasteiger partial charge is 0.337 e. The van der Waals surface area contributed by atoms with Crippen molar-refractivity contribution in [1.82, 2.24) is 5.32 Å². The molecule has 0 saturated heterocycles. The van der Waals surface area contributed by atoms with Crippen molar-refractivity contribution in [3.8, 4) is 0 Å². The van der Waals surface area contributed by atoms with E-state index in [1.807, 2.05) is 18.2 Å². The van der Waals surface area contributed by atoms with E-state index in [0.717, 1.165) is 19.4 Å². The summed E-state index contributed by atoms with van der Waals surface area (Å²) in [7, 11) is 1.41. The lowest BCUT2D eigenvalue weighted by Gasteiger charge is -2.26. The summed E-state index contributed by atoms with van der Waals surface area (Å²) in [5.74, 6) is -0.261. The minimum atomic E-state index is -0.261. The highest BCUT2D eigenvalue weighted by molar-refractivity contribution is 5.89. The van der Waals surface area contributed by atoms with Crippen molar-refractivity contribution in [1.29, 1.82) is 0 Å². The predicted molar refractivity (Wildman–Crippen MR) is 62.5 cm³/mol. The van der Waals surface area contributed by atoms with Crippen LogP contribution in [-0.4, -0.2) is 19.6 Å². The molecule has 1 unspecified atom stereocenters. The number of ether oxygens (including phenoxy) is 1. The van der Waals surface area contributed by atoms with Gasteiger partial charge in [0.25, 0.3) is 0 Å². The second-order valence-corrected chi connectivity index (χ2v) is 4.07. The van der Waals surface area contributed by atoms with Gasteiger partial charge in [-0.2, -0.15) is 0 Å². The Kier molecular flexibility index (Phi) is 3.25. The van der Waals surface area contributed by atoms with Gasteiger partial charge in [-0.15, -0.1) is 0 Å². The monoisotopic (exact) mass is 219 g/mol. The van der Waals surface area contributed by atoms with Crippen molar-refractivity contribution in [3.05, 3.63) is 34.9 Å². The van der Waals surface area contributed by atoms with Crippen molar-refractivity contribution in [2.75, 3.05) is 13.7 Å². The second-order valence-electron chi connectivity index (χ2n) is 4.07. The van der Waals surface area contributed by atoms with Gasteiger partial charge in [-0.1, -0.05) is 13.0 Å². The molecule has 1 aromatic carbocycles. The van der Waals surface area contributed by atoms with Crippen LogP contribution in [0.2, 0.25) is 0 Å². The first-order chi connectivity index (χ1) is 7.76. The fourth-order valence-corrected chi connectivity index (χ4v) is 2.25. The van der Waals surface area contributed by atoms with Crippen molar-refractivity contribution in [2.45, 2.75) is 25.8 Å². The van der Waals surface area contributed by atoms with Gasteiger partial charge < -0.3 is 10.1 Å². The molecule has 0 saturated carbocycles. The Labute approximate surface area is 95.8 Å². The maximum absolute atomic E-state index is 11.5. The molecule has 1 atom stereocenters. The number of carbonyl (C=O) groups excluding carboxylic acids is 1. The second kappa shape index (κ2) is 4.66. The molecule has 0 spiro atoms. The van der Waals surface area contributed by atoms with Crippen LogP contribution in [-0.2, 0) is 11.2 Å². The van der Waals surface area contributed by atoms with E-state index in [2.05, 4.69) is 12.2 Å². The summed E-state index contributed by atoms with van der Waals surface area (Å²) in [6, 6.07) is 6.23. The summed E-state index contributed by atoms with van der Waals surface area (Å²) >= 11 is 0. The number of nitrogens with one attached hydrogen (secondary N) is 1. The lowest BCUT2D eigenvalue weighted by atomic mass is 9.91. The molecular formula is C13H17NO2. The molecule has 0 radical (unpaired) electrons. The summed E-state index contributed by atoms with van der Waals surface area (Å²) in [6.45, 7) is 3.17. The van der Waals surface area contributed by atoms with Crippen LogP contribution in [0.5, 0.6) is 0 Å². The van der Waals surface area contributed by atoms with Crippen LogP contribution in [0.4, 0.5) is 0 Å². The number of carbonyl (C=O) groups is 1. The third kappa shape index (κ3) is 1.95. The first-order valence-corrected chi connectivity index (χ1v) is 5.70. The van der Waals surface area contributed by atoms with E-state index in [-0.39, 0.29) is 5.97 Å². The van der Waals surface area contributed by atoms with E-state index >= 15 is 0 Å². The number of benzene rings is 1. The Hall–Kier alpha value is -1.35. The van der Waals surface area contributed by atoms with Crippen LogP contribution in [0.15, 0.2) is 18.2 Å². The average Bonchev–Trinajstić information content (AvgIpc) is 2.36. The molecule has 0 bridgehead atoms. The molecule has 86 valence electrons. The fourth-order valence-electron chi connectivity index (χ4n) is 2.25. The summed E-state index contributed by atoms with van der Waals surface area (Å²) in [6.07, 6.45) is 2.07. The van der Waals surface area contributed by atoms with Gasteiger partial charge in [0.2, 0.25) is 0 Å². The first kappa shape index (κ1) is 11.1. The molecule has 0 amide bonds. The number of hydrogen-bond donors (Lipinski definition) is 1. The van der Waals surface area contributed by atoms with Gasteiger partial charge in [0, 0.05) is 6.04 Å². The standard InChI is InChI=1S/C13H17NO2/c1-3-12-11-8-10(13(15)16-2)5-4-9(11)6-7-14-12/h4-5,8,12,14H,3,6-7H2,1-2H3. The molecule has 16 heavy (non-hydrogen) atoms. The topological polar surface area (TPSA) is 38.3 Å². The fraction of sp³-hybridized carbons (Fsp3) is 0.462. The largest absolute Gasteiger partial charge is 0.465 e. The Bertz CT molecular complexity index is 401. The molecule has 0 aliphatic carbocycles. The Balaban J connectivity index is 2.38. The van der Waals surface area contributed by atoms with E-state index in [4.69, 9.17) is 4.74 Å². The minimum Gasteiger partial charge on any atom is -0.465 e. The van der Waals surface area contributed by atoms with Crippen molar-refractivity contribution in [3.63, 3.8) is 0 Å². The summed E-state index contributed by atoms with van der Waals surface area (Å²) in [5.41, 5.74) is 3.23. The van der Waals surface area contributed by atoms with Crippen LogP contribution in [0.3, 0.4) is 0 Å². The molecular weight excluding hydrogens is 202 g/mol. The SMILES string of the molecule is CCC1NCCc2ccc(C(=O)OC)cc21. The molecule has 1 aliphatic rings. The third-order valence-electron chi connectivity index (χ3n) is 3.14. The molecule has 0 fully saturated rings. The zero-order chi connectivity index (χ0) is 11.5. The summed E-state index contributed by atoms with van der Waals surface area (Å²) in [5, 5.41) is 3.46. The van der Waals surface area contributed by atoms with Gasteiger partial charge in [0.15, 0.2) is 0 Å². The van der Waals surface area contributed by atoms with E-state index in [0.29, 0.717) is 11.6 Å². The van der Waals surface area contributed by atoms with Crippen molar-refractivity contribution >= 4 is 5.97 Å². The Morgan fingerprint density at radius 1 is 1.56 bits per heavy atom. The van der Waals surface area contributed by atoms with E-state index < -0.39 is 0 Å². The van der Waals surface area contributed by atoms with Crippen LogP contribution >= 0.6 is 0 Å². The van der Waals surface area contributed by atoms with E-state index in [1.165, 1.54) is 18.2 Å². The highest BCUT2D eigenvalue weighted by Crippen LogP contribution is 2.26. The predicted octanol–water partition coefficient (Wildman–Crippen LogP) is 2.07. The highest BCUT2D eigenvalue weighted by Gasteiger charge is 2.19. The number of rotatable bonds is 2. The number of methoxy groups -OCH3 is 1. The molecule has 1 heterocycles. The molecule has 2 rings (SSSR count). The number of esters is 1. The number of fused-ring (bicyclic) bond motifs is 1. The van der Waals surface area contributed by atoms with Crippen molar-refractivity contribution in [2.24, 2.45) is 0 Å². The minimum absolute atomic E-state index is 0.261. The normalized spacial score (nSPS) is 19.0. The van der Waals surface area contributed by atoms with Crippen molar-refractivity contribution < 1.29 is 9.53 Å². The zero-order valence-corrected chi connectivity index (χ0v) is 9.75. The van der Waals surface area contributed by atoms with Crippen LogP contribution in [0.1, 0.15) is 40.9 Å². The maximum Gasteiger partial charge on any atom is 0.337 e. The molecule has 1 aliphatic heterocycles. The third-order valence-corrected chi connectivity index (χ3v) is 3.14.